The van der Waals surface area contributed by atoms with Crippen molar-refractivity contribution in [2.45, 2.75) is 11.8 Å². The van der Waals surface area contributed by atoms with Gasteiger partial charge in [-0.15, -0.1) is 0 Å². The molecule has 0 N–H and O–H groups in total. The van der Waals surface area contributed by atoms with E-state index >= 15 is 0 Å². The summed E-state index contributed by atoms with van der Waals surface area (Å²) in [5.74, 6) is 0.417. The van der Waals surface area contributed by atoms with E-state index in [1.807, 2.05) is 6.92 Å². The zero-order valence-corrected chi connectivity index (χ0v) is 12.4. The molecule has 0 radical (unpaired) electrons. The molecule has 7 nitrogen and oxygen atoms in total. The van der Waals surface area contributed by atoms with Crippen molar-refractivity contribution in [3.8, 4) is 11.5 Å². The molecule has 0 saturated heterocycles. The topological polar surface area (TPSA) is 95.7 Å². The van der Waals surface area contributed by atoms with Crippen molar-refractivity contribution in [1.82, 2.24) is 0 Å². The van der Waals surface area contributed by atoms with E-state index in [9.17, 15) is 18.5 Å². The molecule has 0 aromatic heterocycles. The molecular weight excluding hydrogens is 310 g/mol. The predicted molar refractivity (Wildman–Crippen MR) is 78.5 cm³/mol. The minimum Gasteiger partial charge on any atom is -0.494 e. The van der Waals surface area contributed by atoms with E-state index in [-0.39, 0.29) is 16.3 Å². The fourth-order valence-corrected chi connectivity index (χ4v) is 2.62. The van der Waals surface area contributed by atoms with Gasteiger partial charge in [0.2, 0.25) is 0 Å². The average Bonchev–Trinajstić information content (AvgIpc) is 2.48. The molecule has 116 valence electrons. The van der Waals surface area contributed by atoms with Gasteiger partial charge in [-0.1, -0.05) is 6.07 Å². The zero-order chi connectivity index (χ0) is 16.2. The van der Waals surface area contributed by atoms with Crippen molar-refractivity contribution in [2.75, 3.05) is 6.61 Å². The Balaban J connectivity index is 2.23. The molecule has 8 heteroatoms. The summed E-state index contributed by atoms with van der Waals surface area (Å²) >= 11 is 0. The van der Waals surface area contributed by atoms with Gasteiger partial charge in [-0.2, -0.15) is 8.42 Å². The van der Waals surface area contributed by atoms with E-state index in [0.717, 1.165) is 6.07 Å². The highest BCUT2D eigenvalue weighted by Crippen LogP contribution is 2.24. The molecule has 22 heavy (non-hydrogen) atoms. The summed E-state index contributed by atoms with van der Waals surface area (Å²) in [6, 6.07) is 10.7. The molecule has 0 unspecified atom stereocenters. The average molecular weight is 323 g/mol. The predicted octanol–water partition coefficient (Wildman–Crippen LogP) is 2.76. The van der Waals surface area contributed by atoms with Crippen LogP contribution in [0.1, 0.15) is 6.92 Å². The number of non-ortho nitro benzene ring substituents is 1. The monoisotopic (exact) mass is 323 g/mol. The Labute approximate surface area is 127 Å². The second kappa shape index (κ2) is 6.44. The third-order valence-electron chi connectivity index (χ3n) is 2.66. The standard InChI is InChI=1S/C14H13NO6S/c1-2-20-12-6-8-14(9-7-12)22(18,19)21-13-5-3-4-11(10-13)15(16)17/h3-10H,2H2,1H3. The highest BCUT2D eigenvalue weighted by molar-refractivity contribution is 7.87. The van der Waals surface area contributed by atoms with E-state index in [4.69, 9.17) is 8.92 Å². The first kappa shape index (κ1) is 15.8. The largest absolute Gasteiger partial charge is 0.494 e. The van der Waals surface area contributed by atoms with Gasteiger partial charge in [-0.3, -0.25) is 10.1 Å². The van der Waals surface area contributed by atoms with Crippen LogP contribution >= 0.6 is 0 Å². The number of nitro groups is 1. The molecule has 0 amide bonds. The summed E-state index contributed by atoms with van der Waals surface area (Å²) < 4.78 is 34.4. The third kappa shape index (κ3) is 3.73. The van der Waals surface area contributed by atoms with Gasteiger partial charge in [0.25, 0.3) is 5.69 Å². The van der Waals surface area contributed by atoms with Crippen LogP contribution in [0.2, 0.25) is 0 Å². The van der Waals surface area contributed by atoms with E-state index in [1.54, 1.807) is 0 Å². The minimum atomic E-state index is -4.07. The van der Waals surface area contributed by atoms with Crippen LogP contribution in [0.4, 0.5) is 5.69 Å². The van der Waals surface area contributed by atoms with Gasteiger partial charge in [0, 0.05) is 6.07 Å². The highest BCUT2D eigenvalue weighted by Gasteiger charge is 2.18. The number of rotatable bonds is 6. The number of hydrogen-bond acceptors (Lipinski definition) is 6. The molecule has 0 saturated carbocycles. The molecular formula is C14H13NO6S. The lowest BCUT2D eigenvalue weighted by Crippen LogP contribution is -2.09. The Kier molecular flexibility index (Phi) is 4.62. The molecule has 0 fully saturated rings. The van der Waals surface area contributed by atoms with E-state index in [1.165, 1.54) is 42.5 Å². The Morgan fingerprint density at radius 2 is 1.77 bits per heavy atom. The minimum absolute atomic E-state index is 0.0672. The molecule has 0 aliphatic carbocycles. The van der Waals surface area contributed by atoms with Crippen LogP contribution in [0.3, 0.4) is 0 Å². The maximum atomic E-state index is 12.1. The molecule has 0 aliphatic rings. The number of nitro benzene ring substituents is 1. The smallest absolute Gasteiger partial charge is 0.339 e. The van der Waals surface area contributed by atoms with Gasteiger partial charge >= 0.3 is 10.1 Å². The second-order valence-corrected chi connectivity index (χ2v) is 5.74. The van der Waals surface area contributed by atoms with Crippen LogP contribution in [-0.4, -0.2) is 19.9 Å². The van der Waals surface area contributed by atoms with Crippen molar-refractivity contribution in [3.63, 3.8) is 0 Å². The van der Waals surface area contributed by atoms with Gasteiger partial charge in [0.1, 0.15) is 16.4 Å². The van der Waals surface area contributed by atoms with E-state index in [2.05, 4.69) is 0 Å². The molecule has 0 heterocycles. The number of ether oxygens (including phenoxy) is 1. The Morgan fingerprint density at radius 1 is 1.09 bits per heavy atom. The number of benzene rings is 2. The maximum Gasteiger partial charge on any atom is 0.339 e. The van der Waals surface area contributed by atoms with Crippen LogP contribution in [0, 0.1) is 10.1 Å². The van der Waals surface area contributed by atoms with Gasteiger partial charge in [-0.05, 0) is 37.3 Å². The van der Waals surface area contributed by atoms with Gasteiger partial charge in [-0.25, -0.2) is 0 Å². The Bertz CT molecular complexity index is 770. The lowest BCUT2D eigenvalue weighted by molar-refractivity contribution is -0.384. The molecule has 0 aliphatic heterocycles. The van der Waals surface area contributed by atoms with Crippen LogP contribution in [0.25, 0.3) is 0 Å². The van der Waals surface area contributed by atoms with E-state index < -0.39 is 15.0 Å². The summed E-state index contributed by atoms with van der Waals surface area (Å²) in [7, 11) is -4.07. The summed E-state index contributed by atoms with van der Waals surface area (Å²) in [6.45, 7) is 2.28. The summed E-state index contributed by atoms with van der Waals surface area (Å²) in [4.78, 5) is 9.98. The normalized spacial score (nSPS) is 11.0. The van der Waals surface area contributed by atoms with Crippen molar-refractivity contribution >= 4 is 15.8 Å². The highest BCUT2D eigenvalue weighted by atomic mass is 32.2. The molecule has 2 aromatic rings. The first-order chi connectivity index (χ1) is 10.4. The van der Waals surface area contributed by atoms with Crippen LogP contribution in [-0.2, 0) is 10.1 Å². The second-order valence-electron chi connectivity index (χ2n) is 4.20. The number of hydrogen-bond donors (Lipinski definition) is 0. The summed E-state index contributed by atoms with van der Waals surface area (Å²) in [6.07, 6.45) is 0. The first-order valence-electron chi connectivity index (χ1n) is 6.34. The third-order valence-corrected chi connectivity index (χ3v) is 3.92. The fourth-order valence-electron chi connectivity index (χ4n) is 1.69. The van der Waals surface area contributed by atoms with Gasteiger partial charge in [0.05, 0.1) is 17.6 Å². The molecule has 2 rings (SSSR count). The molecule has 2 aromatic carbocycles. The fraction of sp³-hybridized carbons (Fsp3) is 0.143. The van der Waals surface area contributed by atoms with Crippen LogP contribution < -0.4 is 8.92 Å². The first-order valence-corrected chi connectivity index (χ1v) is 7.75. The van der Waals surface area contributed by atoms with Crippen molar-refractivity contribution in [1.29, 1.82) is 0 Å². The Morgan fingerprint density at radius 3 is 2.36 bits per heavy atom. The van der Waals surface area contributed by atoms with Gasteiger partial charge in [0.15, 0.2) is 0 Å². The lowest BCUT2D eigenvalue weighted by Gasteiger charge is -2.08. The summed E-state index contributed by atoms with van der Waals surface area (Å²) in [5.41, 5.74) is -0.251. The van der Waals surface area contributed by atoms with Crippen molar-refractivity contribution in [3.05, 3.63) is 58.6 Å². The molecule has 0 spiro atoms. The van der Waals surface area contributed by atoms with Crippen LogP contribution in [0.5, 0.6) is 11.5 Å². The summed E-state index contributed by atoms with van der Waals surface area (Å²) in [5, 5.41) is 10.7. The van der Waals surface area contributed by atoms with Gasteiger partial charge < -0.3 is 8.92 Å². The lowest BCUT2D eigenvalue weighted by atomic mass is 10.3. The molecule has 0 bridgehead atoms. The van der Waals surface area contributed by atoms with Crippen molar-refractivity contribution < 1.29 is 22.3 Å². The maximum absolute atomic E-state index is 12.1. The van der Waals surface area contributed by atoms with Crippen molar-refractivity contribution in [2.24, 2.45) is 0 Å². The molecule has 0 atom stereocenters. The number of nitrogens with zero attached hydrogens (tertiary/aromatic N) is 1. The Hall–Kier alpha value is -2.61. The zero-order valence-electron chi connectivity index (χ0n) is 11.6. The van der Waals surface area contributed by atoms with Crippen LogP contribution in [0.15, 0.2) is 53.4 Å². The van der Waals surface area contributed by atoms with E-state index in [0.29, 0.717) is 12.4 Å². The SMILES string of the molecule is CCOc1ccc(S(=O)(=O)Oc2cccc([N+](=O)[O-])c2)cc1. The quantitative estimate of drug-likeness (QED) is 0.461.